The molecule has 2 amide bonds. The fourth-order valence-corrected chi connectivity index (χ4v) is 4.21. The summed E-state index contributed by atoms with van der Waals surface area (Å²) in [5.41, 5.74) is 4.31. The molecule has 2 atom stereocenters. The van der Waals surface area contributed by atoms with Crippen molar-refractivity contribution in [3.63, 3.8) is 0 Å². The topological polar surface area (TPSA) is 131 Å². The Balaban J connectivity index is 1.66. The fourth-order valence-electron chi connectivity index (χ4n) is 4.21. The van der Waals surface area contributed by atoms with E-state index < -0.39 is 42.4 Å². The van der Waals surface area contributed by atoms with E-state index in [2.05, 4.69) is 15.4 Å². The number of carbonyl (C=O) groups is 4. The van der Waals surface area contributed by atoms with Gasteiger partial charge in [-0.25, -0.2) is 9.59 Å². The van der Waals surface area contributed by atoms with Gasteiger partial charge in [0.05, 0.1) is 13.5 Å². The molecule has 0 aliphatic heterocycles. The molecule has 0 radical (unpaired) electrons. The lowest BCUT2D eigenvalue weighted by Gasteiger charge is -2.23. The van der Waals surface area contributed by atoms with Gasteiger partial charge in [-0.3, -0.25) is 9.59 Å². The average Bonchev–Trinajstić information content (AvgIpc) is 3.15. The molecule has 0 saturated carbocycles. The minimum absolute atomic E-state index is 0.0171. The molecule has 0 bridgehead atoms. The molecule has 1 aliphatic carbocycles. The maximum Gasteiger partial charge on any atom is 0.407 e. The van der Waals surface area contributed by atoms with Crippen molar-refractivity contribution in [3.8, 4) is 11.1 Å². The highest BCUT2D eigenvalue weighted by molar-refractivity contribution is 5.91. The Labute approximate surface area is 203 Å². The third kappa shape index (κ3) is 6.38. The van der Waals surface area contributed by atoms with Gasteiger partial charge in [0.25, 0.3) is 0 Å². The van der Waals surface area contributed by atoms with Crippen LogP contribution in [0.2, 0.25) is 0 Å². The minimum atomic E-state index is -1.48. The van der Waals surface area contributed by atoms with Crippen LogP contribution >= 0.6 is 0 Å². The fraction of sp³-hybridized carbons (Fsp3) is 0.385. The molecular formula is C26H30N2O7. The number of carbonyl (C=O) groups excluding carboxylic acids is 3. The zero-order chi connectivity index (χ0) is 25.5. The van der Waals surface area contributed by atoms with Crippen molar-refractivity contribution in [2.45, 2.75) is 44.7 Å². The molecule has 3 N–H and O–H groups in total. The van der Waals surface area contributed by atoms with Gasteiger partial charge in [-0.2, -0.15) is 0 Å². The van der Waals surface area contributed by atoms with E-state index in [-0.39, 0.29) is 24.9 Å². The average molecular weight is 483 g/mol. The van der Waals surface area contributed by atoms with Gasteiger partial charge in [0, 0.05) is 5.92 Å². The molecule has 9 heteroatoms. The number of carboxylic acid groups (broad SMARTS) is 1. The molecular weight excluding hydrogens is 452 g/mol. The Morgan fingerprint density at radius 3 is 2.00 bits per heavy atom. The number of ether oxygens (including phenoxy) is 2. The molecule has 0 unspecified atom stereocenters. The summed E-state index contributed by atoms with van der Waals surface area (Å²) < 4.78 is 10.0. The van der Waals surface area contributed by atoms with Crippen molar-refractivity contribution in [3.05, 3.63) is 59.7 Å². The summed E-state index contributed by atoms with van der Waals surface area (Å²) in [6.45, 7) is 3.81. The predicted octanol–water partition coefficient (Wildman–Crippen LogP) is 3.07. The highest BCUT2D eigenvalue weighted by Gasteiger charge is 2.31. The van der Waals surface area contributed by atoms with Crippen molar-refractivity contribution in [2.75, 3.05) is 13.7 Å². The van der Waals surface area contributed by atoms with E-state index in [1.165, 1.54) is 0 Å². The van der Waals surface area contributed by atoms with Crippen LogP contribution in [0.15, 0.2) is 48.5 Å². The van der Waals surface area contributed by atoms with Crippen LogP contribution in [-0.2, 0) is 23.9 Å². The van der Waals surface area contributed by atoms with Gasteiger partial charge in [0.2, 0.25) is 5.91 Å². The monoisotopic (exact) mass is 482 g/mol. The first-order chi connectivity index (χ1) is 16.7. The quantitative estimate of drug-likeness (QED) is 0.444. The number of alkyl carbamates (subject to hydrolysis) is 1. The molecule has 0 saturated heterocycles. The Bertz CT molecular complexity index is 1050. The lowest BCUT2D eigenvalue weighted by molar-refractivity contribution is -0.149. The number of aliphatic carboxylic acids is 1. The predicted molar refractivity (Wildman–Crippen MR) is 128 cm³/mol. The lowest BCUT2D eigenvalue weighted by Crippen LogP contribution is -2.52. The first kappa shape index (κ1) is 25.7. The smallest absolute Gasteiger partial charge is 0.407 e. The van der Waals surface area contributed by atoms with Crippen LogP contribution in [0.1, 0.15) is 43.7 Å². The molecule has 3 rings (SSSR count). The van der Waals surface area contributed by atoms with Gasteiger partial charge in [-0.1, -0.05) is 62.4 Å². The summed E-state index contributed by atoms with van der Waals surface area (Å²) in [5, 5.41) is 14.2. The first-order valence-corrected chi connectivity index (χ1v) is 11.4. The van der Waals surface area contributed by atoms with E-state index in [9.17, 15) is 24.3 Å². The Morgan fingerprint density at radius 1 is 0.914 bits per heavy atom. The van der Waals surface area contributed by atoms with E-state index in [1.54, 1.807) is 0 Å². The van der Waals surface area contributed by atoms with Gasteiger partial charge >= 0.3 is 18.0 Å². The minimum Gasteiger partial charge on any atom is -0.480 e. The van der Waals surface area contributed by atoms with Crippen molar-refractivity contribution in [2.24, 2.45) is 5.92 Å². The second-order valence-electron chi connectivity index (χ2n) is 8.83. The first-order valence-electron chi connectivity index (χ1n) is 11.4. The number of methoxy groups -OCH3 is 1. The molecule has 9 nitrogen and oxygen atoms in total. The summed E-state index contributed by atoms with van der Waals surface area (Å²) in [6, 6.07) is 13.4. The molecule has 35 heavy (non-hydrogen) atoms. The van der Waals surface area contributed by atoms with E-state index in [0.29, 0.717) is 0 Å². The third-order valence-electron chi connectivity index (χ3n) is 5.87. The zero-order valence-electron chi connectivity index (χ0n) is 19.9. The van der Waals surface area contributed by atoms with Gasteiger partial charge in [0.1, 0.15) is 18.7 Å². The second-order valence-corrected chi connectivity index (χ2v) is 8.83. The number of benzene rings is 2. The maximum atomic E-state index is 12.8. The van der Waals surface area contributed by atoms with Crippen LogP contribution < -0.4 is 10.6 Å². The molecule has 0 spiro atoms. The maximum absolute atomic E-state index is 12.8. The third-order valence-corrected chi connectivity index (χ3v) is 5.87. The number of nitrogens with one attached hydrogen (secondary N) is 2. The molecule has 1 aliphatic rings. The molecule has 2 aromatic carbocycles. The molecule has 0 fully saturated rings. The van der Waals surface area contributed by atoms with Crippen LogP contribution in [0.3, 0.4) is 0 Å². The number of carboxylic acids is 1. The van der Waals surface area contributed by atoms with E-state index in [1.807, 2.05) is 62.4 Å². The summed E-state index contributed by atoms with van der Waals surface area (Å²) >= 11 is 0. The molecule has 186 valence electrons. The van der Waals surface area contributed by atoms with Crippen molar-refractivity contribution in [1.29, 1.82) is 0 Å². The van der Waals surface area contributed by atoms with Gasteiger partial charge in [-0.15, -0.1) is 0 Å². The van der Waals surface area contributed by atoms with Gasteiger partial charge in [0.15, 0.2) is 0 Å². The summed E-state index contributed by atoms with van der Waals surface area (Å²) in [7, 11) is 1.13. The number of esters is 1. The Kier molecular flexibility index (Phi) is 8.46. The summed E-state index contributed by atoms with van der Waals surface area (Å²) in [4.78, 5) is 48.4. The second kappa shape index (κ2) is 11.5. The molecule has 2 aromatic rings. The normalized spacial score (nSPS) is 13.8. The highest BCUT2D eigenvalue weighted by atomic mass is 16.5. The van der Waals surface area contributed by atoms with Crippen LogP contribution in [0.25, 0.3) is 11.1 Å². The van der Waals surface area contributed by atoms with Gasteiger partial charge in [-0.05, 0) is 34.6 Å². The molecule has 0 heterocycles. The zero-order valence-corrected chi connectivity index (χ0v) is 19.9. The highest BCUT2D eigenvalue weighted by Crippen LogP contribution is 2.44. The Hall–Kier alpha value is -3.88. The van der Waals surface area contributed by atoms with E-state index >= 15 is 0 Å². The van der Waals surface area contributed by atoms with Gasteiger partial charge < -0.3 is 25.2 Å². The van der Waals surface area contributed by atoms with Crippen molar-refractivity contribution >= 4 is 23.9 Å². The number of fused-ring (bicyclic) bond motifs is 3. The number of rotatable bonds is 10. The summed E-state index contributed by atoms with van der Waals surface area (Å²) in [6.07, 6.45) is -1.06. The standard InChI is InChI=1S/C26H30N2O7/c1-15(2)12-21(24(30)27-22(25(31)32)13-23(29)34-3)28-26(33)35-14-20-18-10-6-4-8-16(18)17-9-5-7-11-19(17)20/h4-11,15,20-22H,12-14H2,1-3H3,(H,27,30)(H,28,33)(H,31,32)/t21-,22+/m1/s1. The largest absolute Gasteiger partial charge is 0.480 e. The van der Waals surface area contributed by atoms with Crippen LogP contribution in [-0.4, -0.2) is 54.8 Å². The number of hydrogen-bond donors (Lipinski definition) is 3. The van der Waals surface area contributed by atoms with Crippen molar-refractivity contribution < 1.29 is 33.8 Å². The van der Waals surface area contributed by atoms with E-state index in [0.717, 1.165) is 29.4 Å². The number of hydrogen-bond acceptors (Lipinski definition) is 6. The molecule has 0 aromatic heterocycles. The van der Waals surface area contributed by atoms with Crippen LogP contribution in [0.4, 0.5) is 4.79 Å². The number of amides is 2. The van der Waals surface area contributed by atoms with Crippen LogP contribution in [0.5, 0.6) is 0 Å². The SMILES string of the molecule is COC(=O)C[C@H](NC(=O)[C@@H](CC(C)C)NC(=O)OCC1c2ccccc2-c2ccccc21)C(=O)O. The summed E-state index contributed by atoms with van der Waals surface area (Å²) in [5.74, 6) is -3.00. The lowest BCUT2D eigenvalue weighted by atomic mass is 9.98. The van der Waals surface area contributed by atoms with E-state index in [4.69, 9.17) is 4.74 Å². The van der Waals surface area contributed by atoms with Crippen molar-refractivity contribution in [1.82, 2.24) is 10.6 Å². The van der Waals surface area contributed by atoms with Crippen LogP contribution in [0, 0.1) is 5.92 Å². The Morgan fingerprint density at radius 2 is 1.49 bits per heavy atom.